The number of nitrogens with zero attached hydrogens (tertiary/aromatic N) is 1. The first-order chi connectivity index (χ1) is 13.3. The Morgan fingerprint density at radius 1 is 1.07 bits per heavy atom. The number of rotatable bonds is 10. The lowest BCUT2D eigenvalue weighted by atomic mass is 9.80. The fourth-order valence-corrected chi connectivity index (χ4v) is 8.61. The van der Waals surface area contributed by atoms with Crippen molar-refractivity contribution >= 4 is 31.5 Å². The molecule has 28 heavy (non-hydrogen) atoms. The number of halogens is 2. The third-order valence-electron chi connectivity index (χ3n) is 7.32. The molecular formula is C22H35Cl2NO2Si. The number of aromatic nitrogens is 1. The monoisotopic (exact) mass is 443 g/mol. The van der Waals surface area contributed by atoms with Gasteiger partial charge in [-0.1, -0.05) is 44.0 Å². The lowest BCUT2D eigenvalue weighted by molar-refractivity contribution is -0.0441. The topological polar surface area (TPSA) is 31.4 Å². The van der Waals surface area contributed by atoms with Crippen molar-refractivity contribution in [3.63, 3.8) is 0 Å². The molecule has 0 spiro atoms. The van der Waals surface area contributed by atoms with Crippen LogP contribution in [0.3, 0.4) is 0 Å². The maximum absolute atomic E-state index is 6.90. The molecular weight excluding hydrogens is 409 g/mol. The normalized spacial score (nSPS) is 28.1. The molecule has 2 aliphatic rings. The summed E-state index contributed by atoms with van der Waals surface area (Å²) in [6.45, 7) is 9.05. The minimum atomic E-state index is -1.79. The smallest absolute Gasteiger partial charge is 0.192 e. The fourth-order valence-electron chi connectivity index (χ4n) is 5.16. The molecule has 0 aliphatic carbocycles. The molecule has 158 valence electrons. The van der Waals surface area contributed by atoms with Gasteiger partial charge in [0.1, 0.15) is 0 Å². The van der Waals surface area contributed by atoms with E-state index in [9.17, 15) is 0 Å². The summed E-state index contributed by atoms with van der Waals surface area (Å²) in [4.78, 5) is 4.14. The van der Waals surface area contributed by atoms with Gasteiger partial charge in [0, 0.05) is 18.0 Å². The van der Waals surface area contributed by atoms with Gasteiger partial charge in [0.05, 0.1) is 27.4 Å². The summed E-state index contributed by atoms with van der Waals surface area (Å²) in [5.74, 6) is 0. The van der Waals surface area contributed by atoms with Gasteiger partial charge in [-0.05, 0) is 70.0 Å². The zero-order chi connectivity index (χ0) is 20.4. The number of pyridine rings is 1. The molecule has 1 aromatic rings. The number of hydrogen-bond donors (Lipinski definition) is 0. The second-order valence-corrected chi connectivity index (χ2v) is 14.5. The lowest BCUT2D eigenvalue weighted by Gasteiger charge is -2.35. The largest absolute Gasteiger partial charge is 0.410 e. The standard InChI is InChI=1S/C22H35Cl2NO2Si/c1-5-28(6-2,7-3)26-19(20-17(23)15-25-16-18(20)24)9-8-10-22-13-11-21(4,27-22)12-14-22/h15-16,19H,5-14H2,1-4H3. The van der Waals surface area contributed by atoms with Crippen molar-refractivity contribution in [2.24, 2.45) is 0 Å². The Balaban J connectivity index is 1.75. The van der Waals surface area contributed by atoms with Crippen LogP contribution in [0.4, 0.5) is 0 Å². The summed E-state index contributed by atoms with van der Waals surface area (Å²) in [5.41, 5.74) is 1.15. The molecule has 1 atom stereocenters. The van der Waals surface area contributed by atoms with Gasteiger partial charge in [0.25, 0.3) is 0 Å². The van der Waals surface area contributed by atoms with E-state index in [0.29, 0.717) is 10.0 Å². The Bertz CT molecular complexity index is 644. The van der Waals surface area contributed by atoms with Crippen LogP contribution in [0, 0.1) is 0 Å². The zero-order valence-electron chi connectivity index (χ0n) is 17.8. The van der Waals surface area contributed by atoms with Crippen LogP contribution in [0.25, 0.3) is 0 Å². The maximum atomic E-state index is 6.90. The van der Waals surface area contributed by atoms with E-state index in [-0.39, 0.29) is 17.3 Å². The van der Waals surface area contributed by atoms with E-state index in [0.717, 1.165) is 43.0 Å². The van der Waals surface area contributed by atoms with E-state index in [1.165, 1.54) is 25.7 Å². The Morgan fingerprint density at radius 2 is 1.64 bits per heavy atom. The van der Waals surface area contributed by atoms with Gasteiger partial charge in [-0.25, -0.2) is 0 Å². The minimum Gasteiger partial charge on any atom is -0.410 e. The second kappa shape index (κ2) is 8.93. The van der Waals surface area contributed by atoms with Gasteiger partial charge in [-0.3, -0.25) is 4.98 Å². The van der Waals surface area contributed by atoms with Crippen molar-refractivity contribution in [1.29, 1.82) is 0 Å². The first-order valence-electron chi connectivity index (χ1n) is 11.0. The molecule has 2 saturated heterocycles. The van der Waals surface area contributed by atoms with Gasteiger partial charge in [-0.15, -0.1) is 0 Å². The zero-order valence-corrected chi connectivity index (χ0v) is 20.3. The molecule has 2 fully saturated rings. The van der Waals surface area contributed by atoms with Crippen molar-refractivity contribution in [2.75, 3.05) is 0 Å². The summed E-state index contributed by atoms with van der Waals surface area (Å²) in [5, 5.41) is 1.24. The fraction of sp³-hybridized carbons (Fsp3) is 0.773. The summed E-state index contributed by atoms with van der Waals surface area (Å²) in [7, 11) is -1.79. The van der Waals surface area contributed by atoms with E-state index < -0.39 is 8.32 Å². The Labute approximate surface area is 181 Å². The van der Waals surface area contributed by atoms with Crippen LogP contribution < -0.4 is 0 Å². The third kappa shape index (κ3) is 4.62. The SMILES string of the molecule is CC[Si](CC)(CC)OC(CCCC12CCC(C)(CC1)O2)c1c(Cl)cncc1Cl. The molecule has 0 radical (unpaired) electrons. The Morgan fingerprint density at radius 3 is 2.11 bits per heavy atom. The van der Waals surface area contributed by atoms with Gasteiger partial charge in [0.15, 0.2) is 8.32 Å². The van der Waals surface area contributed by atoms with Gasteiger partial charge < -0.3 is 9.16 Å². The predicted octanol–water partition coefficient (Wildman–Crippen LogP) is 7.72. The van der Waals surface area contributed by atoms with E-state index in [1.807, 2.05) is 0 Å². The highest BCUT2D eigenvalue weighted by atomic mass is 35.5. The van der Waals surface area contributed by atoms with Crippen LogP contribution >= 0.6 is 23.2 Å². The van der Waals surface area contributed by atoms with Crippen LogP contribution in [-0.4, -0.2) is 24.5 Å². The van der Waals surface area contributed by atoms with Gasteiger partial charge in [-0.2, -0.15) is 0 Å². The van der Waals surface area contributed by atoms with E-state index in [1.54, 1.807) is 12.4 Å². The van der Waals surface area contributed by atoms with Crippen molar-refractivity contribution in [3.8, 4) is 0 Å². The minimum absolute atomic E-state index is 0.0555. The molecule has 3 nitrogen and oxygen atoms in total. The summed E-state index contributed by atoms with van der Waals surface area (Å²) < 4.78 is 13.3. The molecule has 0 saturated carbocycles. The molecule has 0 amide bonds. The number of fused-ring (bicyclic) bond motifs is 2. The highest BCUT2D eigenvalue weighted by molar-refractivity contribution is 6.73. The van der Waals surface area contributed by atoms with Crippen LogP contribution in [0.15, 0.2) is 12.4 Å². The van der Waals surface area contributed by atoms with Crippen molar-refractivity contribution < 1.29 is 9.16 Å². The van der Waals surface area contributed by atoms with Crippen LogP contribution in [-0.2, 0) is 9.16 Å². The molecule has 3 heterocycles. The average Bonchev–Trinajstić information content (AvgIpc) is 3.19. The first-order valence-corrected chi connectivity index (χ1v) is 14.3. The van der Waals surface area contributed by atoms with Crippen LogP contribution in [0.2, 0.25) is 28.2 Å². The highest BCUT2D eigenvalue weighted by Gasteiger charge is 2.52. The third-order valence-corrected chi connectivity index (χ3v) is 12.6. The molecule has 3 rings (SSSR count). The average molecular weight is 445 g/mol. The van der Waals surface area contributed by atoms with E-state index in [2.05, 4.69) is 32.7 Å². The van der Waals surface area contributed by atoms with Crippen LogP contribution in [0.1, 0.15) is 84.3 Å². The van der Waals surface area contributed by atoms with Crippen molar-refractivity contribution in [2.45, 2.75) is 108 Å². The molecule has 2 aliphatic heterocycles. The highest BCUT2D eigenvalue weighted by Crippen LogP contribution is 2.53. The summed E-state index contributed by atoms with van der Waals surface area (Å²) in [6.07, 6.45) is 11.2. The van der Waals surface area contributed by atoms with Gasteiger partial charge in [0.2, 0.25) is 0 Å². The van der Waals surface area contributed by atoms with E-state index >= 15 is 0 Å². The van der Waals surface area contributed by atoms with E-state index in [4.69, 9.17) is 32.4 Å². The molecule has 1 aromatic heterocycles. The quantitative estimate of drug-likeness (QED) is 0.346. The Hall–Kier alpha value is -0.133. The maximum Gasteiger partial charge on any atom is 0.192 e. The molecule has 2 bridgehead atoms. The van der Waals surface area contributed by atoms with Gasteiger partial charge >= 0.3 is 0 Å². The first kappa shape index (κ1) is 22.5. The molecule has 1 unspecified atom stereocenters. The predicted molar refractivity (Wildman–Crippen MR) is 120 cm³/mol. The molecule has 0 aromatic carbocycles. The Kier molecular flexibility index (Phi) is 7.19. The summed E-state index contributed by atoms with van der Waals surface area (Å²) in [6, 6.07) is 3.34. The molecule has 6 heteroatoms. The lowest BCUT2D eigenvalue weighted by Crippen LogP contribution is -2.37. The molecule has 0 N–H and O–H groups in total. The van der Waals surface area contributed by atoms with Crippen LogP contribution in [0.5, 0.6) is 0 Å². The number of hydrogen-bond acceptors (Lipinski definition) is 3. The van der Waals surface area contributed by atoms with Crippen molar-refractivity contribution in [3.05, 3.63) is 28.0 Å². The summed E-state index contributed by atoms with van der Waals surface area (Å²) >= 11 is 13.1. The van der Waals surface area contributed by atoms with Crippen molar-refractivity contribution in [1.82, 2.24) is 4.98 Å². The number of ether oxygens (including phenoxy) is 1. The second-order valence-electron chi connectivity index (χ2n) is 8.99.